The number of pyridine rings is 1. The molecule has 0 aliphatic heterocycles. The molecule has 1 aromatic carbocycles. The van der Waals surface area contributed by atoms with E-state index >= 15 is 0 Å². The highest BCUT2D eigenvalue weighted by molar-refractivity contribution is 5.78. The van der Waals surface area contributed by atoms with Crippen molar-refractivity contribution in [2.75, 3.05) is 6.54 Å². The highest BCUT2D eigenvalue weighted by Gasteiger charge is 2.12. The first kappa shape index (κ1) is 17.7. The lowest BCUT2D eigenvalue weighted by molar-refractivity contribution is -0.130. The molecule has 2 rings (SSSR count). The fraction of sp³-hybridized carbons (Fsp3) is 0.316. The van der Waals surface area contributed by atoms with E-state index in [-0.39, 0.29) is 18.2 Å². The van der Waals surface area contributed by atoms with Gasteiger partial charge in [0.05, 0.1) is 0 Å². The Balaban J connectivity index is 1.82. The Labute approximate surface area is 142 Å². The number of carbonyl (C=O) groups is 2. The van der Waals surface area contributed by atoms with E-state index in [4.69, 9.17) is 0 Å². The lowest BCUT2D eigenvalue weighted by atomic mass is 10.1. The number of aromatic nitrogens is 1. The number of amides is 2. The van der Waals surface area contributed by atoms with E-state index in [1.54, 1.807) is 17.3 Å². The molecule has 0 bridgehead atoms. The van der Waals surface area contributed by atoms with Crippen molar-refractivity contribution in [3.63, 3.8) is 0 Å². The largest absolute Gasteiger partial charge is 0.352 e. The van der Waals surface area contributed by atoms with Crippen molar-refractivity contribution in [2.24, 2.45) is 0 Å². The van der Waals surface area contributed by atoms with E-state index in [1.165, 1.54) is 6.92 Å². The molecule has 1 N–H and O–H groups in total. The molecule has 0 atom stereocenters. The van der Waals surface area contributed by atoms with Crippen LogP contribution < -0.4 is 5.32 Å². The first-order valence-corrected chi connectivity index (χ1v) is 8.01. The van der Waals surface area contributed by atoms with Crippen LogP contribution >= 0.6 is 0 Å². The van der Waals surface area contributed by atoms with Gasteiger partial charge >= 0.3 is 0 Å². The topological polar surface area (TPSA) is 62.3 Å². The molecule has 1 aromatic heterocycles. The van der Waals surface area contributed by atoms with Gasteiger partial charge in [-0.1, -0.05) is 35.9 Å². The Hall–Kier alpha value is -2.69. The van der Waals surface area contributed by atoms with E-state index < -0.39 is 0 Å². The molecule has 0 saturated carbocycles. The molecule has 0 spiro atoms. The van der Waals surface area contributed by atoms with Crippen LogP contribution in [0, 0.1) is 6.92 Å². The number of nitrogens with one attached hydrogen (secondary N) is 1. The number of carbonyl (C=O) groups excluding carboxylic acids is 2. The smallest absolute Gasteiger partial charge is 0.222 e. The van der Waals surface area contributed by atoms with Crippen molar-refractivity contribution >= 4 is 11.8 Å². The summed E-state index contributed by atoms with van der Waals surface area (Å²) in [5.41, 5.74) is 3.18. The van der Waals surface area contributed by atoms with Crippen molar-refractivity contribution in [3.05, 3.63) is 65.5 Å². The van der Waals surface area contributed by atoms with Gasteiger partial charge in [-0.3, -0.25) is 14.6 Å². The molecule has 0 fully saturated rings. The molecular weight excluding hydrogens is 302 g/mol. The molecule has 5 heteroatoms. The molecule has 0 aliphatic carbocycles. The van der Waals surface area contributed by atoms with Gasteiger partial charge in [-0.2, -0.15) is 0 Å². The molecule has 0 radical (unpaired) electrons. The molecule has 2 aromatic rings. The summed E-state index contributed by atoms with van der Waals surface area (Å²) in [6.07, 6.45) is 3.70. The Morgan fingerprint density at radius 1 is 1.17 bits per heavy atom. The zero-order valence-electron chi connectivity index (χ0n) is 14.2. The highest BCUT2D eigenvalue weighted by atomic mass is 16.2. The minimum atomic E-state index is -0.0747. The van der Waals surface area contributed by atoms with E-state index in [0.29, 0.717) is 19.6 Å². The van der Waals surface area contributed by atoms with Gasteiger partial charge in [0.1, 0.15) is 0 Å². The van der Waals surface area contributed by atoms with Gasteiger partial charge in [-0.25, -0.2) is 0 Å². The van der Waals surface area contributed by atoms with Gasteiger partial charge in [-0.05, 0) is 24.1 Å². The van der Waals surface area contributed by atoms with Crippen LogP contribution in [-0.2, 0) is 22.7 Å². The number of hydrogen-bond acceptors (Lipinski definition) is 3. The molecule has 5 nitrogen and oxygen atoms in total. The molecule has 0 saturated heterocycles. The summed E-state index contributed by atoms with van der Waals surface area (Å²) in [7, 11) is 0. The van der Waals surface area contributed by atoms with Crippen LogP contribution in [0.4, 0.5) is 0 Å². The van der Waals surface area contributed by atoms with E-state index in [9.17, 15) is 9.59 Å². The van der Waals surface area contributed by atoms with E-state index in [1.807, 2.05) is 37.3 Å². The average Bonchev–Trinajstić information content (AvgIpc) is 2.57. The monoisotopic (exact) mass is 325 g/mol. The number of rotatable bonds is 7. The summed E-state index contributed by atoms with van der Waals surface area (Å²) < 4.78 is 0. The van der Waals surface area contributed by atoms with Gasteiger partial charge in [-0.15, -0.1) is 0 Å². The Morgan fingerprint density at radius 3 is 2.62 bits per heavy atom. The third-order valence-electron chi connectivity index (χ3n) is 3.72. The van der Waals surface area contributed by atoms with Gasteiger partial charge in [0, 0.05) is 45.4 Å². The second-order valence-electron chi connectivity index (χ2n) is 5.82. The fourth-order valence-corrected chi connectivity index (χ4v) is 2.41. The normalized spacial score (nSPS) is 10.2. The van der Waals surface area contributed by atoms with Crippen LogP contribution in [0.5, 0.6) is 0 Å². The van der Waals surface area contributed by atoms with Crippen LogP contribution in [0.25, 0.3) is 0 Å². The third kappa shape index (κ3) is 5.83. The maximum absolute atomic E-state index is 12.0. The van der Waals surface area contributed by atoms with Gasteiger partial charge in [0.15, 0.2) is 0 Å². The maximum atomic E-state index is 12.0. The maximum Gasteiger partial charge on any atom is 0.222 e. The molecule has 0 aliphatic rings. The van der Waals surface area contributed by atoms with E-state index in [0.717, 1.165) is 16.7 Å². The second kappa shape index (κ2) is 8.82. The molecular formula is C19H23N3O2. The predicted octanol–water partition coefficient (Wildman–Crippen LogP) is 2.45. The lowest BCUT2D eigenvalue weighted by Crippen LogP contribution is -2.33. The molecule has 24 heavy (non-hydrogen) atoms. The summed E-state index contributed by atoms with van der Waals surface area (Å²) in [5.74, 6) is -0.106. The third-order valence-corrected chi connectivity index (χ3v) is 3.72. The van der Waals surface area contributed by atoms with Crippen molar-refractivity contribution in [3.8, 4) is 0 Å². The summed E-state index contributed by atoms with van der Waals surface area (Å²) in [6.45, 7) is 4.93. The number of benzene rings is 1. The van der Waals surface area contributed by atoms with Gasteiger partial charge in [0.2, 0.25) is 11.8 Å². The van der Waals surface area contributed by atoms with Crippen LogP contribution in [0.3, 0.4) is 0 Å². The summed E-state index contributed by atoms with van der Waals surface area (Å²) in [6, 6.07) is 11.8. The molecule has 126 valence electrons. The SMILES string of the molecule is CC(=O)N(CCC(=O)NCc1cccnc1)Cc1cccc(C)c1. The van der Waals surface area contributed by atoms with E-state index in [2.05, 4.69) is 16.4 Å². The van der Waals surface area contributed by atoms with Crippen molar-refractivity contribution in [1.82, 2.24) is 15.2 Å². The Bertz CT molecular complexity index is 686. The van der Waals surface area contributed by atoms with Crippen molar-refractivity contribution < 1.29 is 9.59 Å². The zero-order chi connectivity index (χ0) is 17.4. The number of nitrogens with zero attached hydrogens (tertiary/aromatic N) is 2. The fourth-order valence-electron chi connectivity index (χ4n) is 2.41. The average molecular weight is 325 g/mol. The first-order chi connectivity index (χ1) is 11.5. The Morgan fingerprint density at radius 2 is 1.96 bits per heavy atom. The van der Waals surface area contributed by atoms with Gasteiger partial charge in [0.25, 0.3) is 0 Å². The standard InChI is InChI=1S/C19H23N3O2/c1-15-5-3-6-17(11-15)14-22(16(2)23)10-8-19(24)21-13-18-7-4-9-20-12-18/h3-7,9,11-12H,8,10,13-14H2,1-2H3,(H,21,24). The first-order valence-electron chi connectivity index (χ1n) is 8.01. The van der Waals surface area contributed by atoms with Crippen LogP contribution in [-0.4, -0.2) is 28.2 Å². The minimum Gasteiger partial charge on any atom is -0.352 e. The molecule has 0 unspecified atom stereocenters. The minimum absolute atomic E-state index is 0.0310. The molecule has 2 amide bonds. The molecule has 1 heterocycles. The lowest BCUT2D eigenvalue weighted by Gasteiger charge is -2.21. The van der Waals surface area contributed by atoms with Crippen molar-refractivity contribution in [2.45, 2.75) is 33.4 Å². The zero-order valence-corrected chi connectivity index (χ0v) is 14.2. The summed E-state index contributed by atoms with van der Waals surface area (Å²) in [5, 5.41) is 2.85. The van der Waals surface area contributed by atoms with Crippen LogP contribution in [0.2, 0.25) is 0 Å². The van der Waals surface area contributed by atoms with Crippen LogP contribution in [0.1, 0.15) is 30.0 Å². The second-order valence-corrected chi connectivity index (χ2v) is 5.82. The predicted molar refractivity (Wildman–Crippen MR) is 93.0 cm³/mol. The Kier molecular flexibility index (Phi) is 6.49. The summed E-state index contributed by atoms with van der Waals surface area (Å²) in [4.78, 5) is 29.5. The van der Waals surface area contributed by atoms with Gasteiger partial charge < -0.3 is 10.2 Å². The summed E-state index contributed by atoms with van der Waals surface area (Å²) >= 11 is 0. The highest BCUT2D eigenvalue weighted by Crippen LogP contribution is 2.08. The quantitative estimate of drug-likeness (QED) is 0.850. The van der Waals surface area contributed by atoms with Crippen LogP contribution in [0.15, 0.2) is 48.8 Å². The number of hydrogen-bond donors (Lipinski definition) is 1. The van der Waals surface area contributed by atoms with Crippen molar-refractivity contribution in [1.29, 1.82) is 0 Å². The number of aryl methyl sites for hydroxylation is 1.